The third-order valence-electron chi connectivity index (χ3n) is 7.94. The molecule has 1 fully saturated rings. The Morgan fingerprint density at radius 3 is 2.29 bits per heavy atom. The maximum Gasteiger partial charge on any atom is 0.275 e. The number of hydrogen-bond acceptors (Lipinski definition) is 10. The quantitative estimate of drug-likeness (QED) is 0.175. The van der Waals surface area contributed by atoms with Gasteiger partial charge in [-0.05, 0) is 73.7 Å². The number of aryl methyl sites for hydroxylation is 1. The molecule has 13 heteroatoms. The summed E-state index contributed by atoms with van der Waals surface area (Å²) in [6, 6.07) is 12.1. The molecule has 0 radical (unpaired) electrons. The average Bonchev–Trinajstić information content (AvgIpc) is 3.73. The molecular weight excluding hydrogens is 651 g/mol. The van der Waals surface area contributed by atoms with Crippen molar-refractivity contribution in [2.24, 2.45) is 0 Å². The predicted octanol–water partition coefficient (Wildman–Crippen LogP) is 6.68. The highest BCUT2D eigenvalue weighted by atomic mass is 35.5. The molecule has 1 N–H and O–H groups in total. The van der Waals surface area contributed by atoms with Crippen LogP contribution in [0.4, 0.5) is 5.82 Å². The summed E-state index contributed by atoms with van der Waals surface area (Å²) < 4.78 is 6.10. The fourth-order valence-electron chi connectivity index (χ4n) is 5.42. The fourth-order valence-corrected chi connectivity index (χ4v) is 7.27. The number of carbonyl (C=O) groups excluding carboxylic acids is 2. The Balaban J connectivity index is 0.00000230. The number of unbranched alkanes of at least 4 members (excludes halogenated alkanes) is 1. The van der Waals surface area contributed by atoms with E-state index in [0.29, 0.717) is 23.8 Å². The molecule has 3 aromatic heterocycles. The summed E-state index contributed by atoms with van der Waals surface area (Å²) in [5.74, 6) is 1.04. The third-order valence-corrected chi connectivity index (χ3v) is 10.0. The number of nitrogens with zero attached hydrogens (tertiary/aromatic N) is 5. The summed E-state index contributed by atoms with van der Waals surface area (Å²) in [5, 5.41) is 3.78. The monoisotopic (exact) mass is 688 g/mol. The molecule has 240 valence electrons. The summed E-state index contributed by atoms with van der Waals surface area (Å²) in [5.41, 5.74) is 5.42. The highest BCUT2D eigenvalue weighted by Gasteiger charge is 2.30. The summed E-state index contributed by atoms with van der Waals surface area (Å²) in [6.45, 7) is 13.2. The van der Waals surface area contributed by atoms with Crippen LogP contribution >= 0.6 is 47.5 Å². The van der Waals surface area contributed by atoms with Crippen molar-refractivity contribution in [3.8, 4) is 26.9 Å². The van der Waals surface area contributed by atoms with Crippen molar-refractivity contribution in [1.82, 2.24) is 24.8 Å². The first-order valence-electron chi connectivity index (χ1n) is 14.8. The number of hydrogen-bond donors (Lipinski definition) is 1. The van der Waals surface area contributed by atoms with E-state index in [4.69, 9.17) is 14.7 Å². The Morgan fingerprint density at radius 2 is 1.67 bits per heavy atom. The van der Waals surface area contributed by atoms with E-state index in [-0.39, 0.29) is 30.7 Å². The molecule has 4 aromatic rings. The van der Waals surface area contributed by atoms with Crippen LogP contribution in [0.15, 0.2) is 53.4 Å². The number of benzene rings is 1. The van der Waals surface area contributed by atoms with Crippen molar-refractivity contribution in [1.29, 1.82) is 0 Å². The standard InChI is InChI=1S/C32H36N6O3S2.2ClH/c1-4-5-12-36-13-15-37(16-14-36)17-18-41-24-10-8-23(9-11-24)28-22(3)27-30(35-38-26(39)20-21(2)32(38)40)33-29(34-31(27)43-28)25-7-6-19-42-25;;/h6-11,19-20H,4-5,12-18H2,1-3H3,(H,33,34,35);2*1H. The molecule has 6 rings (SSSR count). The zero-order valence-electron chi connectivity index (χ0n) is 25.6. The number of ether oxygens (including phenoxy) is 1. The Labute approximate surface area is 284 Å². The topological polar surface area (TPSA) is 90.9 Å². The van der Waals surface area contributed by atoms with Crippen LogP contribution in [0.25, 0.3) is 31.4 Å². The lowest BCUT2D eigenvalue weighted by Gasteiger charge is -2.34. The second-order valence-electron chi connectivity index (χ2n) is 10.9. The van der Waals surface area contributed by atoms with Crippen LogP contribution in [-0.2, 0) is 9.59 Å². The van der Waals surface area contributed by atoms with Gasteiger partial charge in [-0.15, -0.1) is 47.5 Å². The van der Waals surface area contributed by atoms with E-state index in [2.05, 4.69) is 34.3 Å². The van der Waals surface area contributed by atoms with E-state index in [9.17, 15) is 9.59 Å². The minimum Gasteiger partial charge on any atom is -0.492 e. The van der Waals surface area contributed by atoms with Gasteiger partial charge < -0.3 is 9.64 Å². The molecule has 0 saturated carbocycles. The number of piperazine rings is 1. The average molecular weight is 690 g/mol. The van der Waals surface area contributed by atoms with Gasteiger partial charge in [0.2, 0.25) is 0 Å². The van der Waals surface area contributed by atoms with Crippen molar-refractivity contribution in [2.45, 2.75) is 33.6 Å². The largest absolute Gasteiger partial charge is 0.492 e. The number of thiophene rings is 2. The van der Waals surface area contributed by atoms with Crippen LogP contribution in [0.2, 0.25) is 0 Å². The van der Waals surface area contributed by atoms with Gasteiger partial charge >= 0.3 is 0 Å². The van der Waals surface area contributed by atoms with Crippen LogP contribution in [0, 0.1) is 6.92 Å². The lowest BCUT2D eigenvalue weighted by molar-refractivity contribution is -0.135. The molecule has 1 saturated heterocycles. The molecule has 2 aliphatic rings. The van der Waals surface area contributed by atoms with Crippen molar-refractivity contribution in [2.75, 3.05) is 51.3 Å². The molecule has 0 bridgehead atoms. The van der Waals surface area contributed by atoms with Gasteiger partial charge in [-0.25, -0.2) is 9.97 Å². The number of imide groups is 1. The molecule has 0 unspecified atom stereocenters. The highest BCUT2D eigenvalue weighted by Crippen LogP contribution is 2.42. The maximum atomic E-state index is 12.6. The number of halogens is 2. The number of fused-ring (bicyclic) bond motifs is 1. The zero-order valence-corrected chi connectivity index (χ0v) is 28.8. The molecule has 9 nitrogen and oxygen atoms in total. The first-order chi connectivity index (χ1) is 20.9. The molecule has 45 heavy (non-hydrogen) atoms. The normalized spacial score (nSPS) is 15.6. The zero-order chi connectivity index (χ0) is 29.9. The predicted molar refractivity (Wildman–Crippen MR) is 188 cm³/mol. The lowest BCUT2D eigenvalue weighted by Crippen LogP contribution is -2.47. The molecule has 0 atom stereocenters. The van der Waals surface area contributed by atoms with Gasteiger partial charge in [0.15, 0.2) is 11.6 Å². The van der Waals surface area contributed by atoms with Crippen LogP contribution in [0.5, 0.6) is 5.75 Å². The highest BCUT2D eigenvalue weighted by molar-refractivity contribution is 7.22. The first-order valence-corrected chi connectivity index (χ1v) is 16.5. The Morgan fingerprint density at radius 1 is 0.956 bits per heavy atom. The number of carbonyl (C=O) groups is 2. The van der Waals surface area contributed by atoms with E-state index in [1.807, 2.05) is 36.6 Å². The number of rotatable bonds is 11. The van der Waals surface area contributed by atoms with Gasteiger partial charge in [0.05, 0.1) is 10.3 Å². The Hall–Kier alpha value is -3.06. The summed E-state index contributed by atoms with van der Waals surface area (Å²) >= 11 is 3.11. The SMILES string of the molecule is CCCCN1CCN(CCOc2ccc(-c3sc4nc(-c5cccs5)nc(NN5C(=O)C=C(C)C5=O)c4c3C)cc2)CC1.Cl.Cl. The first kappa shape index (κ1) is 34.8. The minimum atomic E-state index is -0.412. The fraction of sp³-hybridized carbons (Fsp3) is 0.375. The van der Waals surface area contributed by atoms with E-state index in [0.717, 1.165) is 74.6 Å². The molecule has 1 aromatic carbocycles. The summed E-state index contributed by atoms with van der Waals surface area (Å²) in [7, 11) is 0. The van der Waals surface area contributed by atoms with Crippen molar-refractivity contribution in [3.63, 3.8) is 0 Å². The number of anilines is 1. The number of aromatic nitrogens is 2. The van der Waals surface area contributed by atoms with E-state index in [1.165, 1.54) is 36.8 Å². The second-order valence-corrected chi connectivity index (χ2v) is 12.9. The number of nitrogens with one attached hydrogen (secondary N) is 1. The molecular formula is C32H38Cl2N6O3S2. The Kier molecular flexibility index (Phi) is 12.0. The van der Waals surface area contributed by atoms with Gasteiger partial charge in [0, 0.05) is 49.3 Å². The number of amides is 2. The van der Waals surface area contributed by atoms with Crippen LogP contribution < -0.4 is 10.2 Å². The van der Waals surface area contributed by atoms with Crippen molar-refractivity contribution < 1.29 is 14.3 Å². The second kappa shape index (κ2) is 15.5. The molecule has 2 aliphatic heterocycles. The third kappa shape index (κ3) is 7.67. The lowest BCUT2D eigenvalue weighted by atomic mass is 10.1. The maximum absolute atomic E-state index is 12.6. The number of hydrazine groups is 1. The van der Waals surface area contributed by atoms with E-state index >= 15 is 0 Å². The Bertz CT molecular complexity index is 1650. The smallest absolute Gasteiger partial charge is 0.275 e. The van der Waals surface area contributed by atoms with Gasteiger partial charge in [-0.2, -0.15) is 5.01 Å². The van der Waals surface area contributed by atoms with Gasteiger partial charge in [0.1, 0.15) is 17.2 Å². The van der Waals surface area contributed by atoms with Crippen LogP contribution in [-0.4, -0.2) is 82.5 Å². The summed E-state index contributed by atoms with van der Waals surface area (Å²) in [4.78, 5) is 42.6. The molecule has 0 aliphatic carbocycles. The van der Waals surface area contributed by atoms with Crippen LogP contribution in [0.3, 0.4) is 0 Å². The molecule has 2 amide bonds. The van der Waals surface area contributed by atoms with Crippen molar-refractivity contribution in [3.05, 3.63) is 59.0 Å². The minimum absolute atomic E-state index is 0. The van der Waals surface area contributed by atoms with Gasteiger partial charge in [-0.3, -0.25) is 19.9 Å². The molecule has 0 spiro atoms. The van der Waals surface area contributed by atoms with E-state index in [1.54, 1.807) is 18.3 Å². The summed E-state index contributed by atoms with van der Waals surface area (Å²) in [6.07, 6.45) is 3.86. The van der Waals surface area contributed by atoms with Gasteiger partial charge in [0.25, 0.3) is 11.8 Å². The van der Waals surface area contributed by atoms with Gasteiger partial charge in [-0.1, -0.05) is 19.4 Å². The van der Waals surface area contributed by atoms with Crippen LogP contribution in [0.1, 0.15) is 32.3 Å². The molecule has 5 heterocycles. The van der Waals surface area contributed by atoms with E-state index < -0.39 is 5.91 Å². The van der Waals surface area contributed by atoms with Crippen molar-refractivity contribution >= 4 is 75.3 Å².